The quantitative estimate of drug-likeness (QED) is 0.518. The predicted molar refractivity (Wildman–Crippen MR) is 121 cm³/mol. The molecule has 0 spiro atoms. The van der Waals surface area contributed by atoms with Crippen LogP contribution in [-0.4, -0.2) is 36.4 Å². The number of fused-ring (bicyclic) bond motifs is 1. The molecule has 6 nitrogen and oxygen atoms in total. The van der Waals surface area contributed by atoms with Crippen molar-refractivity contribution in [2.24, 2.45) is 0 Å². The summed E-state index contributed by atoms with van der Waals surface area (Å²) in [4.78, 5) is 33.4. The van der Waals surface area contributed by atoms with Gasteiger partial charge in [-0.1, -0.05) is 19.1 Å². The summed E-state index contributed by atoms with van der Waals surface area (Å²) in [5.74, 6) is 0.816. The van der Waals surface area contributed by atoms with Gasteiger partial charge >= 0.3 is 0 Å². The summed E-state index contributed by atoms with van der Waals surface area (Å²) in [7, 11) is 1.56. The highest BCUT2D eigenvalue weighted by Crippen LogP contribution is 2.39. The number of benzene rings is 2. The number of anilines is 1. The molecule has 0 saturated heterocycles. The summed E-state index contributed by atoms with van der Waals surface area (Å²) in [5, 5.41) is 0.980. The smallest absolute Gasteiger partial charge is 0.268 e. The fraction of sp³-hybridized carbons (Fsp3) is 0.292. The van der Waals surface area contributed by atoms with E-state index in [1.54, 1.807) is 42.7 Å². The third-order valence-corrected chi connectivity index (χ3v) is 6.19. The number of aryl methyl sites for hydroxylation is 2. The number of methoxy groups -OCH3 is 1. The minimum Gasteiger partial charge on any atom is -0.497 e. The molecule has 7 heteroatoms. The lowest BCUT2D eigenvalue weighted by atomic mass is 10.0. The van der Waals surface area contributed by atoms with Crippen molar-refractivity contribution in [2.75, 3.05) is 18.6 Å². The van der Waals surface area contributed by atoms with Crippen LogP contribution in [0.15, 0.2) is 42.5 Å². The molecule has 2 heterocycles. The van der Waals surface area contributed by atoms with E-state index in [9.17, 15) is 9.59 Å². The lowest BCUT2D eigenvalue weighted by Gasteiger charge is -2.34. The lowest BCUT2D eigenvalue weighted by molar-refractivity contribution is -0.126. The van der Waals surface area contributed by atoms with Gasteiger partial charge in [-0.3, -0.25) is 14.5 Å². The van der Waals surface area contributed by atoms with Gasteiger partial charge in [0.15, 0.2) is 11.9 Å². The summed E-state index contributed by atoms with van der Waals surface area (Å²) in [5.41, 5.74) is 2.86. The number of hydrogen-bond acceptors (Lipinski definition) is 6. The summed E-state index contributed by atoms with van der Waals surface area (Å²) >= 11 is 1.63. The maximum Gasteiger partial charge on any atom is 0.268 e. The number of carbonyl (C=O) groups excluding carboxylic acids is 2. The van der Waals surface area contributed by atoms with Crippen molar-refractivity contribution in [3.05, 3.63) is 57.9 Å². The van der Waals surface area contributed by atoms with E-state index in [1.165, 1.54) is 4.90 Å². The normalized spacial score (nSPS) is 15.4. The molecule has 1 aliphatic rings. The second-order valence-corrected chi connectivity index (χ2v) is 8.82. The van der Waals surface area contributed by atoms with Crippen LogP contribution in [0.1, 0.15) is 33.6 Å². The molecule has 31 heavy (non-hydrogen) atoms. The van der Waals surface area contributed by atoms with Gasteiger partial charge in [0.2, 0.25) is 0 Å². The van der Waals surface area contributed by atoms with E-state index in [4.69, 9.17) is 9.47 Å². The zero-order valence-corrected chi connectivity index (χ0v) is 18.8. The van der Waals surface area contributed by atoms with Crippen molar-refractivity contribution in [3.63, 3.8) is 0 Å². The van der Waals surface area contributed by atoms with Crippen molar-refractivity contribution in [2.45, 2.75) is 33.3 Å². The third-order valence-electron chi connectivity index (χ3n) is 5.30. The Balaban J connectivity index is 1.73. The van der Waals surface area contributed by atoms with Crippen LogP contribution in [-0.2, 0) is 4.79 Å². The SMILES string of the molecule is CCC1Oc2ccc(-c3nc(C)sc3C)cc2N(CC(=O)c2cccc(OC)c2)C1=O. The van der Waals surface area contributed by atoms with Gasteiger partial charge in [-0.25, -0.2) is 4.98 Å². The van der Waals surface area contributed by atoms with Crippen LogP contribution in [0.25, 0.3) is 11.3 Å². The molecule has 2 aromatic carbocycles. The summed E-state index contributed by atoms with van der Waals surface area (Å²) in [6.07, 6.45) is -0.0893. The molecule has 160 valence electrons. The maximum absolute atomic E-state index is 13.1. The van der Waals surface area contributed by atoms with E-state index >= 15 is 0 Å². The largest absolute Gasteiger partial charge is 0.497 e. The van der Waals surface area contributed by atoms with Gasteiger partial charge in [-0.15, -0.1) is 11.3 Å². The van der Waals surface area contributed by atoms with Crippen molar-refractivity contribution in [1.82, 2.24) is 4.98 Å². The van der Waals surface area contributed by atoms with Gasteiger partial charge in [0.05, 0.1) is 30.0 Å². The molecule has 0 N–H and O–H groups in total. The van der Waals surface area contributed by atoms with E-state index in [1.807, 2.05) is 39.0 Å². The first-order valence-corrected chi connectivity index (χ1v) is 11.0. The van der Waals surface area contributed by atoms with E-state index in [0.717, 1.165) is 21.1 Å². The van der Waals surface area contributed by atoms with Crippen molar-refractivity contribution >= 4 is 28.7 Å². The van der Waals surface area contributed by atoms with E-state index in [0.29, 0.717) is 29.2 Å². The van der Waals surface area contributed by atoms with Crippen LogP contribution < -0.4 is 14.4 Å². The molecule has 0 saturated carbocycles. The number of thiazole rings is 1. The number of carbonyl (C=O) groups is 2. The molecule has 3 aromatic rings. The second kappa shape index (κ2) is 8.51. The standard InChI is InChI=1S/C24H24N2O4S/c1-5-21-24(28)26(13-20(27)16-7-6-8-18(11-16)29-4)19-12-17(9-10-22(19)30-21)23-14(2)31-15(3)25-23/h6-12,21H,5,13H2,1-4H3. The van der Waals surface area contributed by atoms with Crippen molar-refractivity contribution < 1.29 is 19.1 Å². The number of amides is 1. The first-order valence-electron chi connectivity index (χ1n) is 10.1. The molecule has 0 bridgehead atoms. The third kappa shape index (κ3) is 4.05. The Morgan fingerprint density at radius 3 is 2.71 bits per heavy atom. The van der Waals surface area contributed by atoms with E-state index in [-0.39, 0.29) is 18.2 Å². The fourth-order valence-electron chi connectivity index (χ4n) is 3.72. The topological polar surface area (TPSA) is 68.7 Å². The van der Waals surface area contributed by atoms with Gasteiger partial charge in [0, 0.05) is 16.0 Å². The molecule has 1 aromatic heterocycles. The summed E-state index contributed by atoms with van der Waals surface area (Å²) in [6, 6.07) is 12.7. The number of hydrogen-bond donors (Lipinski definition) is 0. The highest BCUT2D eigenvalue weighted by Gasteiger charge is 2.35. The Morgan fingerprint density at radius 2 is 2.03 bits per heavy atom. The number of Topliss-reactive ketones (excluding diaryl/α,β-unsaturated/α-hetero) is 1. The summed E-state index contributed by atoms with van der Waals surface area (Å²) in [6.45, 7) is 5.82. The molecule has 0 radical (unpaired) electrons. The van der Waals surface area contributed by atoms with Gasteiger partial charge < -0.3 is 9.47 Å². The molecule has 0 aliphatic carbocycles. The highest BCUT2D eigenvalue weighted by molar-refractivity contribution is 7.11. The molecular weight excluding hydrogens is 412 g/mol. The molecule has 0 fully saturated rings. The minimum atomic E-state index is -0.611. The van der Waals surface area contributed by atoms with Gasteiger partial charge in [-0.2, -0.15) is 0 Å². The first kappa shape index (κ1) is 21.1. The number of ether oxygens (including phenoxy) is 2. The zero-order chi connectivity index (χ0) is 22.1. The molecule has 1 unspecified atom stereocenters. The summed E-state index contributed by atoms with van der Waals surface area (Å²) < 4.78 is 11.2. The van der Waals surface area contributed by atoms with Crippen LogP contribution >= 0.6 is 11.3 Å². The molecule has 1 atom stereocenters. The van der Waals surface area contributed by atoms with Crippen LogP contribution in [0.5, 0.6) is 11.5 Å². The minimum absolute atomic E-state index is 0.0720. The van der Waals surface area contributed by atoms with Crippen molar-refractivity contribution in [3.8, 4) is 22.8 Å². The molecular formula is C24H24N2O4S. The molecule has 4 rings (SSSR count). The molecule has 1 amide bonds. The first-order chi connectivity index (χ1) is 14.9. The fourth-order valence-corrected chi connectivity index (χ4v) is 4.56. The number of aromatic nitrogens is 1. The Morgan fingerprint density at radius 1 is 1.23 bits per heavy atom. The number of rotatable bonds is 6. The van der Waals surface area contributed by atoms with Gasteiger partial charge in [0.1, 0.15) is 11.5 Å². The van der Waals surface area contributed by atoms with Crippen LogP contribution in [0.4, 0.5) is 5.69 Å². The van der Waals surface area contributed by atoms with Crippen LogP contribution in [0.2, 0.25) is 0 Å². The number of nitrogens with zero attached hydrogens (tertiary/aromatic N) is 2. The maximum atomic E-state index is 13.1. The Labute approximate surface area is 185 Å². The average Bonchev–Trinajstić information content (AvgIpc) is 3.12. The Bertz CT molecular complexity index is 1150. The highest BCUT2D eigenvalue weighted by atomic mass is 32.1. The lowest BCUT2D eigenvalue weighted by Crippen LogP contribution is -2.47. The van der Waals surface area contributed by atoms with Gasteiger partial charge in [0.25, 0.3) is 5.91 Å². The zero-order valence-electron chi connectivity index (χ0n) is 18.0. The average molecular weight is 437 g/mol. The Hall–Kier alpha value is -3.19. The monoisotopic (exact) mass is 436 g/mol. The second-order valence-electron chi connectivity index (χ2n) is 7.41. The van der Waals surface area contributed by atoms with Crippen LogP contribution in [0, 0.1) is 13.8 Å². The molecule has 1 aliphatic heterocycles. The van der Waals surface area contributed by atoms with Crippen molar-refractivity contribution in [1.29, 1.82) is 0 Å². The van der Waals surface area contributed by atoms with Crippen LogP contribution in [0.3, 0.4) is 0 Å². The van der Waals surface area contributed by atoms with E-state index < -0.39 is 6.10 Å². The Kier molecular flexibility index (Phi) is 5.78. The van der Waals surface area contributed by atoms with E-state index in [2.05, 4.69) is 4.98 Å². The number of ketones is 1. The van der Waals surface area contributed by atoms with Gasteiger partial charge in [-0.05, 0) is 50.6 Å². The predicted octanol–water partition coefficient (Wildman–Crippen LogP) is 4.82.